The summed E-state index contributed by atoms with van der Waals surface area (Å²) >= 11 is 6.09. The molecular formula is C19H17ClF2N4O3. The Labute approximate surface area is 170 Å². The summed E-state index contributed by atoms with van der Waals surface area (Å²) in [5.41, 5.74) is 4.74. The van der Waals surface area contributed by atoms with Crippen LogP contribution in [0.3, 0.4) is 0 Å². The Morgan fingerprint density at radius 3 is 2.48 bits per heavy atom. The van der Waals surface area contributed by atoms with Crippen LogP contribution in [-0.4, -0.2) is 29.1 Å². The summed E-state index contributed by atoms with van der Waals surface area (Å²) in [5, 5.41) is 21.9. The van der Waals surface area contributed by atoms with Crippen molar-refractivity contribution < 1.29 is 23.5 Å². The number of amides is 2. The first-order chi connectivity index (χ1) is 13.6. The molecule has 0 radical (unpaired) electrons. The van der Waals surface area contributed by atoms with Gasteiger partial charge in [0.05, 0.1) is 22.3 Å². The number of hydrogen-bond donors (Lipinski definition) is 4. The number of hydrogen-bond acceptors (Lipinski definition) is 5. The molecule has 7 nitrogen and oxygen atoms in total. The van der Waals surface area contributed by atoms with E-state index < -0.39 is 41.2 Å². The summed E-state index contributed by atoms with van der Waals surface area (Å²) in [7, 11) is 0. The average molecular weight is 423 g/mol. The van der Waals surface area contributed by atoms with Gasteiger partial charge in [-0.15, -0.1) is 0 Å². The number of carbonyl (C=O) groups excluding carboxylic acids is 2. The van der Waals surface area contributed by atoms with Gasteiger partial charge in [0.2, 0.25) is 0 Å². The third-order valence-electron chi connectivity index (χ3n) is 4.06. The van der Waals surface area contributed by atoms with Gasteiger partial charge in [0.1, 0.15) is 23.7 Å². The van der Waals surface area contributed by atoms with Gasteiger partial charge in [-0.3, -0.25) is 20.4 Å². The average Bonchev–Trinajstić information content (AvgIpc) is 2.66. The van der Waals surface area contributed by atoms with Crippen molar-refractivity contribution >= 4 is 29.1 Å². The molecule has 2 aromatic rings. The van der Waals surface area contributed by atoms with Crippen molar-refractivity contribution in [1.29, 1.82) is 5.26 Å². The second-order valence-corrected chi connectivity index (χ2v) is 6.52. The Hall–Kier alpha value is -3.22. The molecule has 0 fully saturated rings. The molecule has 0 aliphatic carbocycles. The van der Waals surface area contributed by atoms with Gasteiger partial charge in [0.25, 0.3) is 11.8 Å². The third kappa shape index (κ3) is 5.19. The van der Waals surface area contributed by atoms with Crippen LogP contribution in [0.5, 0.6) is 0 Å². The van der Waals surface area contributed by atoms with E-state index in [2.05, 4.69) is 10.7 Å². The molecule has 0 spiro atoms. The highest BCUT2D eigenvalue weighted by atomic mass is 35.5. The lowest BCUT2D eigenvalue weighted by Gasteiger charge is -2.23. The summed E-state index contributed by atoms with van der Waals surface area (Å²) in [4.78, 5) is 24.4. The number of hydrazine groups is 1. The van der Waals surface area contributed by atoms with E-state index in [0.29, 0.717) is 17.3 Å². The maximum atomic E-state index is 13.6. The van der Waals surface area contributed by atoms with Gasteiger partial charge in [-0.2, -0.15) is 5.26 Å². The minimum Gasteiger partial charge on any atom is -0.391 e. The van der Waals surface area contributed by atoms with Crippen molar-refractivity contribution in [2.75, 3.05) is 5.32 Å². The molecule has 29 heavy (non-hydrogen) atoms. The van der Waals surface area contributed by atoms with E-state index in [1.807, 2.05) is 11.5 Å². The molecule has 0 aliphatic rings. The van der Waals surface area contributed by atoms with Crippen LogP contribution in [0.1, 0.15) is 28.4 Å². The SMILES string of the molecule is Cc1c(NC(C(=O)NNC(=O)c2ccc(F)cc2F)C(C)O)ccc(C#N)c1Cl. The standard InChI is InChI=1S/C19H17ClF2N4O3/c1-9-15(6-3-11(8-23)16(9)20)24-17(10(2)27)19(29)26-25-18(28)13-5-4-12(21)7-14(13)22/h3-7,10,17,24,27H,1-2H3,(H,25,28)(H,26,29). The Morgan fingerprint density at radius 2 is 1.90 bits per heavy atom. The lowest BCUT2D eigenvalue weighted by molar-refractivity contribution is -0.124. The topological polar surface area (TPSA) is 114 Å². The van der Waals surface area contributed by atoms with E-state index in [1.54, 1.807) is 6.92 Å². The first-order valence-corrected chi connectivity index (χ1v) is 8.72. The lowest BCUT2D eigenvalue weighted by atomic mass is 10.1. The monoisotopic (exact) mass is 422 g/mol. The second-order valence-electron chi connectivity index (χ2n) is 6.14. The predicted molar refractivity (Wildman–Crippen MR) is 102 cm³/mol. The van der Waals surface area contributed by atoms with Crippen LogP contribution < -0.4 is 16.2 Å². The summed E-state index contributed by atoms with van der Waals surface area (Å²) in [6.07, 6.45) is -1.19. The molecule has 0 aromatic heterocycles. The molecule has 2 atom stereocenters. The minimum absolute atomic E-state index is 0.197. The lowest BCUT2D eigenvalue weighted by Crippen LogP contribution is -2.52. The van der Waals surface area contributed by atoms with Gasteiger partial charge in [-0.1, -0.05) is 11.6 Å². The molecule has 4 N–H and O–H groups in total. The highest BCUT2D eigenvalue weighted by Crippen LogP contribution is 2.27. The molecule has 0 heterocycles. The van der Waals surface area contributed by atoms with Gasteiger partial charge in [-0.05, 0) is 43.7 Å². The van der Waals surface area contributed by atoms with Gasteiger partial charge in [-0.25, -0.2) is 8.78 Å². The van der Waals surface area contributed by atoms with Crippen molar-refractivity contribution in [2.45, 2.75) is 26.0 Å². The van der Waals surface area contributed by atoms with Crippen LogP contribution in [0.25, 0.3) is 0 Å². The first-order valence-electron chi connectivity index (χ1n) is 8.34. The van der Waals surface area contributed by atoms with E-state index >= 15 is 0 Å². The second kappa shape index (κ2) is 9.32. The normalized spacial score (nSPS) is 12.4. The fourth-order valence-corrected chi connectivity index (χ4v) is 2.64. The van der Waals surface area contributed by atoms with E-state index in [0.717, 1.165) is 12.1 Å². The number of anilines is 1. The van der Waals surface area contributed by atoms with Crippen LogP contribution >= 0.6 is 11.6 Å². The number of nitrogens with one attached hydrogen (secondary N) is 3. The van der Waals surface area contributed by atoms with Gasteiger partial charge < -0.3 is 10.4 Å². The fourth-order valence-electron chi connectivity index (χ4n) is 2.44. The van der Waals surface area contributed by atoms with Crippen molar-refractivity contribution in [1.82, 2.24) is 10.9 Å². The number of nitriles is 1. The maximum Gasteiger partial charge on any atom is 0.272 e. The van der Waals surface area contributed by atoms with E-state index in [1.165, 1.54) is 19.1 Å². The van der Waals surface area contributed by atoms with E-state index in [-0.39, 0.29) is 10.6 Å². The zero-order chi connectivity index (χ0) is 21.7. The molecule has 0 aliphatic heterocycles. The number of benzene rings is 2. The highest BCUT2D eigenvalue weighted by Gasteiger charge is 2.25. The molecular weight excluding hydrogens is 406 g/mol. The van der Waals surface area contributed by atoms with Crippen molar-refractivity contribution in [3.8, 4) is 6.07 Å². The Morgan fingerprint density at radius 1 is 1.21 bits per heavy atom. The number of carbonyl (C=O) groups is 2. The van der Waals surface area contributed by atoms with Gasteiger partial charge >= 0.3 is 0 Å². The first kappa shape index (κ1) is 22.1. The Kier molecular flexibility index (Phi) is 7.09. The van der Waals surface area contributed by atoms with Crippen LogP contribution in [0.4, 0.5) is 14.5 Å². The summed E-state index contributed by atoms with van der Waals surface area (Å²) in [6.45, 7) is 2.97. The number of halogens is 3. The zero-order valence-electron chi connectivity index (χ0n) is 15.4. The third-order valence-corrected chi connectivity index (χ3v) is 4.54. The molecule has 152 valence electrons. The molecule has 0 saturated heterocycles. The predicted octanol–water partition coefficient (Wildman–Crippen LogP) is 2.42. The Balaban J connectivity index is 2.11. The molecule has 0 saturated carbocycles. The summed E-state index contributed by atoms with van der Waals surface area (Å²) < 4.78 is 26.6. The van der Waals surface area contributed by atoms with Gasteiger partial charge in [0.15, 0.2) is 0 Å². The minimum atomic E-state index is -1.21. The van der Waals surface area contributed by atoms with E-state index in [4.69, 9.17) is 16.9 Å². The molecule has 2 amide bonds. The van der Waals surface area contributed by atoms with Crippen LogP contribution in [0.15, 0.2) is 30.3 Å². The Bertz CT molecular complexity index is 992. The number of rotatable bonds is 5. The largest absolute Gasteiger partial charge is 0.391 e. The summed E-state index contributed by atoms with van der Waals surface area (Å²) in [6, 6.07) is 6.06. The number of nitrogens with zero attached hydrogens (tertiary/aromatic N) is 1. The quantitative estimate of drug-likeness (QED) is 0.552. The van der Waals surface area contributed by atoms with Crippen molar-refractivity contribution in [3.05, 3.63) is 63.7 Å². The summed E-state index contributed by atoms with van der Waals surface area (Å²) in [5.74, 6) is -3.77. The van der Waals surface area contributed by atoms with Crippen LogP contribution in [0.2, 0.25) is 5.02 Å². The maximum absolute atomic E-state index is 13.6. The van der Waals surface area contributed by atoms with Crippen molar-refractivity contribution in [3.63, 3.8) is 0 Å². The van der Waals surface area contributed by atoms with Crippen LogP contribution in [-0.2, 0) is 4.79 Å². The number of aliphatic hydroxyl groups excluding tert-OH is 1. The van der Waals surface area contributed by atoms with Crippen molar-refractivity contribution in [2.24, 2.45) is 0 Å². The van der Waals surface area contributed by atoms with Gasteiger partial charge in [0, 0.05) is 11.8 Å². The fraction of sp³-hybridized carbons (Fsp3) is 0.211. The van der Waals surface area contributed by atoms with Crippen LogP contribution in [0, 0.1) is 29.9 Å². The number of aliphatic hydroxyl groups is 1. The molecule has 10 heteroatoms. The molecule has 2 rings (SSSR count). The van der Waals surface area contributed by atoms with E-state index in [9.17, 15) is 23.5 Å². The molecule has 0 bridgehead atoms. The zero-order valence-corrected chi connectivity index (χ0v) is 16.1. The molecule has 2 unspecified atom stereocenters. The highest BCUT2D eigenvalue weighted by molar-refractivity contribution is 6.32. The smallest absolute Gasteiger partial charge is 0.272 e. The molecule has 2 aromatic carbocycles.